The molecular weight excluding hydrogens is 302 g/mol. The maximum atomic E-state index is 12.1. The van der Waals surface area contributed by atoms with Crippen LogP contribution in [0.2, 0.25) is 5.02 Å². The zero-order valence-corrected chi connectivity index (χ0v) is 12.6. The summed E-state index contributed by atoms with van der Waals surface area (Å²) in [6.45, 7) is 5.53. The van der Waals surface area contributed by atoms with Gasteiger partial charge in [-0.05, 0) is 43.3 Å². The van der Waals surface area contributed by atoms with Gasteiger partial charge in [0, 0.05) is 22.5 Å². The number of anilines is 3. The summed E-state index contributed by atoms with van der Waals surface area (Å²) in [7, 11) is 0. The van der Waals surface area contributed by atoms with Gasteiger partial charge >= 0.3 is 6.03 Å². The van der Waals surface area contributed by atoms with Crippen LogP contribution in [0.5, 0.6) is 5.75 Å². The van der Waals surface area contributed by atoms with E-state index >= 15 is 0 Å². The Kier molecular flexibility index (Phi) is 3.65. The molecule has 0 fully saturated rings. The number of fused-ring (bicyclic) bond motifs is 1. The van der Waals surface area contributed by atoms with E-state index in [1.165, 1.54) is 0 Å². The van der Waals surface area contributed by atoms with Crippen molar-refractivity contribution in [3.8, 4) is 5.75 Å². The van der Waals surface area contributed by atoms with Gasteiger partial charge in [0.25, 0.3) is 0 Å². The molecule has 22 heavy (non-hydrogen) atoms. The van der Waals surface area contributed by atoms with Crippen molar-refractivity contribution in [2.24, 2.45) is 0 Å². The zero-order chi connectivity index (χ0) is 15.7. The summed E-state index contributed by atoms with van der Waals surface area (Å²) < 4.78 is 5.39. The lowest BCUT2D eigenvalue weighted by molar-refractivity contribution is 0.262. The number of hydrogen-bond donors (Lipinski definition) is 3. The van der Waals surface area contributed by atoms with Gasteiger partial charge in [-0.3, -0.25) is 0 Å². The molecule has 0 radical (unpaired) electrons. The predicted molar refractivity (Wildman–Crippen MR) is 88.7 cm³/mol. The second-order valence-electron chi connectivity index (χ2n) is 4.85. The Morgan fingerprint density at radius 3 is 2.91 bits per heavy atom. The topological polar surface area (TPSA) is 62.4 Å². The Hall–Kier alpha value is -2.66. The number of amides is 2. The van der Waals surface area contributed by atoms with E-state index in [1.54, 1.807) is 30.3 Å². The third-order valence-electron chi connectivity index (χ3n) is 3.26. The molecule has 112 valence electrons. The highest BCUT2D eigenvalue weighted by molar-refractivity contribution is 6.31. The van der Waals surface area contributed by atoms with Crippen LogP contribution < -0.4 is 20.7 Å². The number of hydrogen-bond acceptors (Lipinski definition) is 3. The summed E-state index contributed by atoms with van der Waals surface area (Å²) in [5, 5.41) is 9.10. The molecule has 0 saturated carbocycles. The minimum atomic E-state index is -0.352. The van der Waals surface area contributed by atoms with Crippen molar-refractivity contribution < 1.29 is 9.53 Å². The molecule has 0 bridgehead atoms. The maximum Gasteiger partial charge on any atom is 0.323 e. The number of urea groups is 1. The third kappa shape index (κ3) is 2.84. The first-order chi connectivity index (χ1) is 10.5. The van der Waals surface area contributed by atoms with E-state index in [0.717, 1.165) is 11.3 Å². The van der Waals surface area contributed by atoms with E-state index in [0.29, 0.717) is 28.0 Å². The molecule has 1 heterocycles. The summed E-state index contributed by atoms with van der Waals surface area (Å²) in [5.74, 6) is 1.09. The second-order valence-corrected chi connectivity index (χ2v) is 5.26. The quantitative estimate of drug-likeness (QED) is 0.760. The Morgan fingerprint density at radius 2 is 2.09 bits per heavy atom. The number of carbonyl (C=O) groups is 1. The summed E-state index contributed by atoms with van der Waals surface area (Å²) in [6.07, 6.45) is 0. The van der Waals surface area contributed by atoms with Crippen molar-refractivity contribution in [3.63, 3.8) is 0 Å². The summed E-state index contributed by atoms with van der Waals surface area (Å²) >= 11 is 6.03. The lowest BCUT2D eigenvalue weighted by Gasteiger charge is -2.11. The molecule has 0 saturated heterocycles. The van der Waals surface area contributed by atoms with Crippen LogP contribution in [0.4, 0.5) is 21.9 Å². The molecule has 0 atom stereocenters. The maximum absolute atomic E-state index is 12.1. The fourth-order valence-electron chi connectivity index (χ4n) is 2.12. The van der Waals surface area contributed by atoms with Crippen molar-refractivity contribution >= 4 is 34.7 Å². The average Bonchev–Trinajstić information content (AvgIpc) is 2.83. The lowest BCUT2D eigenvalue weighted by Crippen LogP contribution is -2.19. The standard InChI is InChI=1S/C16H14ClN3O2/c1-9-12(17)4-3-5-13(9)20-16(21)19-11-6-7-14-15(8-11)22-10(2)18-14/h3-8,18H,2H2,1H3,(H2,19,20,21). The predicted octanol–water partition coefficient (Wildman–Crippen LogP) is 4.57. The molecule has 6 heteroatoms. The van der Waals surface area contributed by atoms with Gasteiger partial charge in [-0.1, -0.05) is 17.7 Å². The normalized spacial score (nSPS) is 12.2. The van der Waals surface area contributed by atoms with Crippen molar-refractivity contribution in [2.45, 2.75) is 6.92 Å². The van der Waals surface area contributed by atoms with E-state index in [9.17, 15) is 4.79 Å². The number of nitrogens with one attached hydrogen (secondary N) is 3. The van der Waals surface area contributed by atoms with E-state index in [-0.39, 0.29) is 6.03 Å². The molecule has 0 unspecified atom stereocenters. The van der Waals surface area contributed by atoms with Gasteiger partial charge in [0.1, 0.15) is 0 Å². The second kappa shape index (κ2) is 5.61. The first kappa shape index (κ1) is 14.3. The van der Waals surface area contributed by atoms with Crippen LogP contribution in [-0.4, -0.2) is 6.03 Å². The summed E-state index contributed by atoms with van der Waals surface area (Å²) in [6, 6.07) is 10.3. The molecule has 5 nitrogen and oxygen atoms in total. The van der Waals surface area contributed by atoms with E-state index in [4.69, 9.17) is 16.3 Å². The van der Waals surface area contributed by atoms with E-state index in [2.05, 4.69) is 22.5 Å². The minimum absolute atomic E-state index is 0.352. The van der Waals surface area contributed by atoms with Crippen LogP contribution in [0, 0.1) is 6.92 Å². The Bertz CT molecular complexity index is 774. The van der Waals surface area contributed by atoms with Gasteiger partial charge in [0.15, 0.2) is 11.6 Å². The number of halogens is 1. The first-order valence-electron chi connectivity index (χ1n) is 6.64. The van der Waals surface area contributed by atoms with Crippen LogP contribution in [0.1, 0.15) is 5.56 Å². The average molecular weight is 316 g/mol. The van der Waals surface area contributed by atoms with Crippen molar-refractivity contribution in [1.29, 1.82) is 0 Å². The summed E-state index contributed by atoms with van der Waals surface area (Å²) in [4.78, 5) is 12.1. The van der Waals surface area contributed by atoms with Gasteiger partial charge in [-0.15, -0.1) is 0 Å². The fourth-order valence-corrected chi connectivity index (χ4v) is 2.30. The minimum Gasteiger partial charge on any atom is -0.439 e. The molecule has 3 N–H and O–H groups in total. The number of ether oxygens (including phenoxy) is 1. The van der Waals surface area contributed by atoms with Crippen LogP contribution >= 0.6 is 11.6 Å². The SMILES string of the molecule is C=C1Nc2ccc(NC(=O)Nc3cccc(Cl)c3C)cc2O1. The van der Waals surface area contributed by atoms with Crippen molar-refractivity contribution in [2.75, 3.05) is 16.0 Å². The number of rotatable bonds is 2. The molecule has 2 aromatic rings. The molecular formula is C16H14ClN3O2. The molecule has 0 aromatic heterocycles. The Labute approximate surface area is 132 Å². The van der Waals surface area contributed by atoms with Crippen LogP contribution in [-0.2, 0) is 0 Å². The number of benzene rings is 2. The molecule has 3 rings (SSSR count). The largest absolute Gasteiger partial charge is 0.439 e. The van der Waals surface area contributed by atoms with Crippen LogP contribution in [0.25, 0.3) is 0 Å². The van der Waals surface area contributed by atoms with E-state index in [1.807, 2.05) is 13.0 Å². The van der Waals surface area contributed by atoms with Gasteiger partial charge in [-0.2, -0.15) is 0 Å². The molecule has 0 aliphatic carbocycles. The van der Waals surface area contributed by atoms with Crippen LogP contribution in [0.15, 0.2) is 48.9 Å². The monoisotopic (exact) mass is 315 g/mol. The highest BCUT2D eigenvalue weighted by atomic mass is 35.5. The van der Waals surface area contributed by atoms with E-state index < -0.39 is 0 Å². The van der Waals surface area contributed by atoms with Crippen molar-refractivity contribution in [1.82, 2.24) is 0 Å². The summed E-state index contributed by atoms with van der Waals surface area (Å²) in [5.41, 5.74) is 2.92. The lowest BCUT2D eigenvalue weighted by atomic mass is 10.2. The third-order valence-corrected chi connectivity index (χ3v) is 3.67. The Morgan fingerprint density at radius 1 is 1.27 bits per heavy atom. The Balaban J connectivity index is 1.71. The number of carbonyl (C=O) groups excluding carboxylic acids is 1. The molecule has 1 aliphatic rings. The molecule has 2 aromatic carbocycles. The molecule has 0 spiro atoms. The van der Waals surface area contributed by atoms with Gasteiger partial charge in [0.05, 0.1) is 5.69 Å². The van der Waals surface area contributed by atoms with Crippen LogP contribution in [0.3, 0.4) is 0 Å². The van der Waals surface area contributed by atoms with Gasteiger partial charge in [0.2, 0.25) is 0 Å². The highest BCUT2D eigenvalue weighted by Gasteiger charge is 2.15. The fraction of sp³-hybridized carbons (Fsp3) is 0.0625. The van der Waals surface area contributed by atoms with Gasteiger partial charge in [-0.25, -0.2) is 4.79 Å². The molecule has 2 amide bonds. The first-order valence-corrected chi connectivity index (χ1v) is 7.01. The smallest absolute Gasteiger partial charge is 0.323 e. The molecule has 1 aliphatic heterocycles. The van der Waals surface area contributed by atoms with Gasteiger partial charge < -0.3 is 20.7 Å². The zero-order valence-electron chi connectivity index (χ0n) is 11.9. The van der Waals surface area contributed by atoms with Crippen molar-refractivity contribution in [3.05, 3.63) is 59.4 Å². The highest BCUT2D eigenvalue weighted by Crippen LogP contribution is 2.35.